The summed E-state index contributed by atoms with van der Waals surface area (Å²) < 4.78 is 0. The van der Waals surface area contributed by atoms with E-state index in [0.717, 1.165) is 4.90 Å². The van der Waals surface area contributed by atoms with E-state index in [-0.39, 0.29) is 24.3 Å². The molecular weight excluding hydrogens is 200 g/mol. The van der Waals surface area contributed by atoms with E-state index in [9.17, 15) is 9.59 Å². The van der Waals surface area contributed by atoms with Crippen molar-refractivity contribution < 1.29 is 19.8 Å². The molecule has 0 spiro atoms. The first kappa shape index (κ1) is 9.77. The maximum atomic E-state index is 10.9. The first-order chi connectivity index (χ1) is 7.02. The SMILES string of the molecule is N#CC[C@@]12C[C@@H](C(=O)O)N(C(=O)O)[C@@H]1C2. The average molecular weight is 210 g/mol. The molecule has 1 aliphatic carbocycles. The fourth-order valence-corrected chi connectivity index (χ4v) is 2.53. The number of rotatable bonds is 2. The van der Waals surface area contributed by atoms with Crippen LogP contribution in [0, 0.1) is 16.7 Å². The van der Waals surface area contributed by atoms with Gasteiger partial charge in [0, 0.05) is 17.9 Å². The molecule has 0 aromatic carbocycles. The number of hydrogen-bond acceptors (Lipinski definition) is 3. The minimum Gasteiger partial charge on any atom is -0.480 e. The van der Waals surface area contributed by atoms with Crippen molar-refractivity contribution in [3.8, 4) is 6.07 Å². The van der Waals surface area contributed by atoms with Gasteiger partial charge in [-0.15, -0.1) is 0 Å². The number of nitrogens with zero attached hydrogens (tertiary/aromatic N) is 2. The summed E-state index contributed by atoms with van der Waals surface area (Å²) >= 11 is 0. The normalized spacial score (nSPS) is 36.9. The zero-order valence-corrected chi connectivity index (χ0v) is 7.88. The molecule has 0 radical (unpaired) electrons. The molecule has 2 aliphatic rings. The van der Waals surface area contributed by atoms with Gasteiger partial charge in [0.05, 0.1) is 6.07 Å². The van der Waals surface area contributed by atoms with Gasteiger partial charge in [-0.3, -0.25) is 4.90 Å². The number of carboxylic acid groups (broad SMARTS) is 2. The molecular formula is C9H10N2O4. The smallest absolute Gasteiger partial charge is 0.408 e. The maximum absolute atomic E-state index is 10.9. The van der Waals surface area contributed by atoms with Crippen molar-refractivity contribution in [3.05, 3.63) is 0 Å². The highest BCUT2D eigenvalue weighted by Gasteiger charge is 2.67. The van der Waals surface area contributed by atoms with Gasteiger partial charge in [-0.1, -0.05) is 0 Å². The van der Waals surface area contributed by atoms with Crippen molar-refractivity contribution in [2.75, 3.05) is 0 Å². The van der Waals surface area contributed by atoms with E-state index >= 15 is 0 Å². The number of hydrogen-bond donors (Lipinski definition) is 2. The van der Waals surface area contributed by atoms with Gasteiger partial charge >= 0.3 is 12.1 Å². The molecule has 2 rings (SSSR count). The molecule has 0 aromatic rings. The number of amides is 1. The van der Waals surface area contributed by atoms with E-state index in [1.807, 2.05) is 6.07 Å². The van der Waals surface area contributed by atoms with Gasteiger partial charge < -0.3 is 10.2 Å². The van der Waals surface area contributed by atoms with Gasteiger partial charge in [0.15, 0.2) is 0 Å². The van der Waals surface area contributed by atoms with Crippen LogP contribution in [0.25, 0.3) is 0 Å². The highest BCUT2D eigenvalue weighted by atomic mass is 16.4. The largest absolute Gasteiger partial charge is 0.480 e. The van der Waals surface area contributed by atoms with Crippen LogP contribution >= 0.6 is 0 Å². The van der Waals surface area contributed by atoms with E-state index < -0.39 is 18.1 Å². The minimum absolute atomic E-state index is 0.241. The summed E-state index contributed by atoms with van der Waals surface area (Å²) in [5.41, 5.74) is -0.379. The Morgan fingerprint density at radius 2 is 2.13 bits per heavy atom. The lowest BCUT2D eigenvalue weighted by Gasteiger charge is -2.20. The minimum atomic E-state index is -1.20. The highest BCUT2D eigenvalue weighted by molar-refractivity contribution is 5.81. The Kier molecular flexibility index (Phi) is 1.86. The molecule has 3 atom stereocenters. The van der Waals surface area contributed by atoms with E-state index in [0.29, 0.717) is 6.42 Å². The highest BCUT2D eigenvalue weighted by Crippen LogP contribution is 2.61. The molecule has 80 valence electrons. The first-order valence-electron chi connectivity index (χ1n) is 4.63. The standard InChI is InChI=1S/C9H10N2O4/c10-2-1-9-3-5(7(12)13)11(8(14)15)6(9)4-9/h5-6H,1,3-4H2,(H,12,13)(H,14,15)/t5-,6+,9-/m0/s1. The summed E-state index contributed by atoms with van der Waals surface area (Å²) in [6.45, 7) is 0. The fraction of sp³-hybridized carbons (Fsp3) is 0.667. The molecule has 1 heterocycles. The van der Waals surface area contributed by atoms with Crippen LogP contribution in [0.3, 0.4) is 0 Å². The van der Waals surface area contributed by atoms with Crippen molar-refractivity contribution in [1.82, 2.24) is 4.90 Å². The molecule has 0 unspecified atom stereocenters. The number of nitriles is 1. The van der Waals surface area contributed by atoms with E-state index in [4.69, 9.17) is 15.5 Å². The lowest BCUT2D eigenvalue weighted by Crippen LogP contribution is -2.42. The van der Waals surface area contributed by atoms with E-state index in [2.05, 4.69) is 0 Å². The van der Waals surface area contributed by atoms with E-state index in [1.54, 1.807) is 0 Å². The van der Waals surface area contributed by atoms with Crippen molar-refractivity contribution in [2.24, 2.45) is 5.41 Å². The first-order valence-corrected chi connectivity index (χ1v) is 4.63. The molecule has 6 heteroatoms. The Labute approximate surface area is 85.7 Å². The molecule has 6 nitrogen and oxygen atoms in total. The third kappa shape index (κ3) is 1.23. The predicted molar refractivity (Wildman–Crippen MR) is 47.0 cm³/mol. The number of aliphatic carboxylic acids is 1. The van der Waals surface area contributed by atoms with Gasteiger partial charge in [-0.2, -0.15) is 5.26 Å². The van der Waals surface area contributed by atoms with Crippen LogP contribution in [0.4, 0.5) is 4.79 Å². The second kappa shape index (κ2) is 2.86. The Morgan fingerprint density at radius 1 is 1.47 bits per heavy atom. The van der Waals surface area contributed by atoms with Crippen LogP contribution in [-0.4, -0.2) is 39.3 Å². The average Bonchev–Trinajstić information content (AvgIpc) is 2.70. The number of carboxylic acids is 1. The summed E-state index contributed by atoms with van der Waals surface area (Å²) in [5.74, 6) is -1.12. The molecule has 2 fully saturated rings. The second-order valence-electron chi connectivity index (χ2n) is 4.17. The third-order valence-corrected chi connectivity index (χ3v) is 3.36. The quantitative estimate of drug-likeness (QED) is 0.690. The van der Waals surface area contributed by atoms with Gasteiger partial charge in [0.25, 0.3) is 0 Å². The number of carbonyl (C=O) groups is 2. The third-order valence-electron chi connectivity index (χ3n) is 3.36. The Balaban J connectivity index is 2.21. The zero-order valence-electron chi connectivity index (χ0n) is 7.88. The second-order valence-corrected chi connectivity index (χ2v) is 4.17. The van der Waals surface area contributed by atoms with Crippen molar-refractivity contribution >= 4 is 12.1 Å². The molecule has 2 N–H and O–H groups in total. The lowest BCUT2D eigenvalue weighted by atomic mass is 9.97. The molecule has 0 bridgehead atoms. The van der Waals surface area contributed by atoms with Crippen LogP contribution in [-0.2, 0) is 4.79 Å². The lowest BCUT2D eigenvalue weighted by molar-refractivity contribution is -0.142. The van der Waals surface area contributed by atoms with Crippen LogP contribution < -0.4 is 0 Å². The predicted octanol–water partition coefficient (Wildman–Crippen LogP) is 0.496. The zero-order chi connectivity index (χ0) is 11.2. The number of likely N-dealkylation sites (tertiary alicyclic amines) is 1. The molecule has 1 amide bonds. The summed E-state index contributed by atoms with van der Waals surface area (Å²) in [6, 6.07) is 0.753. The van der Waals surface area contributed by atoms with Crippen molar-refractivity contribution in [2.45, 2.75) is 31.3 Å². The monoisotopic (exact) mass is 210 g/mol. The van der Waals surface area contributed by atoms with E-state index in [1.165, 1.54) is 0 Å². The maximum Gasteiger partial charge on any atom is 0.408 e. The van der Waals surface area contributed by atoms with Gasteiger partial charge in [0.2, 0.25) is 0 Å². The Morgan fingerprint density at radius 3 is 2.53 bits per heavy atom. The topological polar surface area (TPSA) is 102 Å². The molecule has 1 aliphatic heterocycles. The summed E-state index contributed by atoms with van der Waals surface area (Å²) in [7, 11) is 0. The Hall–Kier alpha value is -1.77. The molecule has 0 aromatic heterocycles. The van der Waals surface area contributed by atoms with Crippen LogP contribution in [0.2, 0.25) is 0 Å². The van der Waals surface area contributed by atoms with Crippen LogP contribution in [0.1, 0.15) is 19.3 Å². The fourth-order valence-electron chi connectivity index (χ4n) is 2.53. The summed E-state index contributed by atoms with van der Waals surface area (Å²) in [6.07, 6.45) is -0.0703. The van der Waals surface area contributed by atoms with Crippen molar-refractivity contribution in [3.63, 3.8) is 0 Å². The van der Waals surface area contributed by atoms with Gasteiger partial charge in [-0.25, -0.2) is 9.59 Å². The van der Waals surface area contributed by atoms with Crippen molar-refractivity contribution in [1.29, 1.82) is 5.26 Å². The van der Waals surface area contributed by atoms with Crippen LogP contribution in [0.15, 0.2) is 0 Å². The molecule has 15 heavy (non-hydrogen) atoms. The molecule has 1 saturated heterocycles. The Bertz CT molecular complexity index is 375. The van der Waals surface area contributed by atoms with Gasteiger partial charge in [-0.05, 0) is 12.8 Å². The number of fused-ring (bicyclic) bond motifs is 1. The van der Waals surface area contributed by atoms with Gasteiger partial charge in [0.1, 0.15) is 6.04 Å². The van der Waals surface area contributed by atoms with Crippen LogP contribution in [0.5, 0.6) is 0 Å². The molecule has 1 saturated carbocycles. The number of piperidine rings is 1. The summed E-state index contributed by atoms with van der Waals surface area (Å²) in [5, 5.41) is 26.4. The summed E-state index contributed by atoms with van der Waals surface area (Å²) in [4.78, 5) is 22.7.